The molecule has 0 heterocycles. The molecule has 2 nitrogen and oxygen atoms in total. The summed E-state index contributed by atoms with van der Waals surface area (Å²) >= 11 is 0. The zero-order valence-electron chi connectivity index (χ0n) is 11.9. The molecule has 1 amide bonds. The van der Waals surface area contributed by atoms with Crippen LogP contribution in [-0.2, 0) is 4.79 Å². The molecular weight excluding hydrogens is 222 g/mol. The summed E-state index contributed by atoms with van der Waals surface area (Å²) in [5, 5.41) is 3.30. The smallest absolute Gasteiger partial charge is 0.217 e. The van der Waals surface area contributed by atoms with Gasteiger partial charge in [-0.2, -0.15) is 0 Å². The molecule has 2 heteroatoms. The van der Waals surface area contributed by atoms with E-state index in [-0.39, 0.29) is 5.91 Å². The Kier molecular flexibility index (Phi) is 3.15. The second-order valence-electron chi connectivity index (χ2n) is 7.32. The molecule has 1 atom stereocenters. The van der Waals surface area contributed by atoms with Crippen LogP contribution in [0.4, 0.5) is 0 Å². The van der Waals surface area contributed by atoms with Crippen molar-refractivity contribution in [2.75, 3.05) is 0 Å². The van der Waals surface area contributed by atoms with E-state index in [0.29, 0.717) is 11.5 Å². The lowest BCUT2D eigenvalue weighted by Crippen LogP contribution is -2.56. The molecule has 0 aromatic heterocycles. The van der Waals surface area contributed by atoms with Crippen LogP contribution in [-0.4, -0.2) is 11.9 Å². The largest absolute Gasteiger partial charge is 0.353 e. The number of amides is 1. The molecular formula is C16H27NO. The van der Waals surface area contributed by atoms with Gasteiger partial charge in [-0.15, -0.1) is 0 Å². The zero-order chi connectivity index (χ0) is 12.8. The minimum absolute atomic E-state index is 0.171. The molecule has 4 aliphatic carbocycles. The maximum absolute atomic E-state index is 11.5. The van der Waals surface area contributed by atoms with E-state index in [1.807, 2.05) is 0 Å². The Labute approximate surface area is 111 Å². The van der Waals surface area contributed by atoms with Crippen LogP contribution < -0.4 is 5.32 Å². The van der Waals surface area contributed by atoms with Crippen molar-refractivity contribution in [2.24, 2.45) is 23.2 Å². The lowest BCUT2D eigenvalue weighted by atomic mass is 9.47. The van der Waals surface area contributed by atoms with Crippen LogP contribution in [0.1, 0.15) is 65.2 Å². The first-order valence-corrected chi connectivity index (χ1v) is 7.88. The third kappa shape index (κ3) is 2.08. The molecule has 0 aromatic carbocycles. The van der Waals surface area contributed by atoms with Crippen LogP contribution in [0.15, 0.2) is 0 Å². The topological polar surface area (TPSA) is 29.1 Å². The first kappa shape index (κ1) is 12.5. The maximum Gasteiger partial charge on any atom is 0.217 e. The fraction of sp³-hybridized carbons (Fsp3) is 0.938. The fourth-order valence-corrected chi connectivity index (χ4v) is 5.67. The molecule has 102 valence electrons. The van der Waals surface area contributed by atoms with Crippen LogP contribution in [0.2, 0.25) is 0 Å². The minimum Gasteiger partial charge on any atom is -0.353 e. The van der Waals surface area contributed by atoms with Crippen LogP contribution in [0.5, 0.6) is 0 Å². The molecule has 4 fully saturated rings. The van der Waals surface area contributed by atoms with Crippen LogP contribution in [0, 0.1) is 23.2 Å². The molecule has 0 spiro atoms. The Bertz CT molecular complexity index is 301. The zero-order valence-corrected chi connectivity index (χ0v) is 11.9. The second-order valence-corrected chi connectivity index (χ2v) is 7.32. The van der Waals surface area contributed by atoms with Crippen molar-refractivity contribution in [3.8, 4) is 0 Å². The molecule has 4 rings (SSSR count). The summed E-state index contributed by atoms with van der Waals surface area (Å²) in [6.45, 7) is 3.93. The Balaban J connectivity index is 1.81. The third-order valence-corrected chi connectivity index (χ3v) is 5.78. The first-order chi connectivity index (χ1) is 8.61. The van der Waals surface area contributed by atoms with Crippen LogP contribution in [0.25, 0.3) is 0 Å². The predicted octanol–water partition coefficient (Wildman–Crippen LogP) is 3.51. The van der Waals surface area contributed by atoms with Crippen molar-refractivity contribution >= 4 is 5.91 Å². The lowest BCUT2D eigenvalue weighted by molar-refractivity contribution is -0.124. The summed E-state index contributed by atoms with van der Waals surface area (Å²) in [5.41, 5.74) is 0.469. The molecule has 4 saturated carbocycles. The lowest BCUT2D eigenvalue weighted by Gasteiger charge is -2.59. The van der Waals surface area contributed by atoms with E-state index in [4.69, 9.17) is 0 Å². The van der Waals surface area contributed by atoms with Gasteiger partial charge in [-0.3, -0.25) is 4.79 Å². The molecule has 0 unspecified atom stereocenters. The number of rotatable bonds is 4. The van der Waals surface area contributed by atoms with E-state index in [1.54, 1.807) is 6.92 Å². The van der Waals surface area contributed by atoms with Crippen molar-refractivity contribution < 1.29 is 4.79 Å². The third-order valence-electron chi connectivity index (χ3n) is 5.78. The van der Waals surface area contributed by atoms with Crippen molar-refractivity contribution in [1.82, 2.24) is 5.32 Å². The van der Waals surface area contributed by atoms with E-state index in [0.717, 1.165) is 17.8 Å². The van der Waals surface area contributed by atoms with E-state index in [9.17, 15) is 4.79 Å². The summed E-state index contributed by atoms with van der Waals surface area (Å²) in [4.78, 5) is 11.5. The quantitative estimate of drug-likeness (QED) is 0.811. The standard InChI is InChI=1S/C16H27NO/c1-3-4-15(17-11(2)18)16-8-12-5-13(9-16)7-14(6-12)10-16/h12-15H,3-10H2,1-2H3,(H,17,18)/t12?,13?,14?,15-,16?/m1/s1. The van der Waals surface area contributed by atoms with Crippen molar-refractivity contribution in [2.45, 2.75) is 71.3 Å². The summed E-state index contributed by atoms with van der Waals surface area (Å²) in [7, 11) is 0. The number of nitrogens with one attached hydrogen (secondary N) is 1. The molecule has 0 saturated heterocycles. The van der Waals surface area contributed by atoms with Gasteiger partial charge in [-0.1, -0.05) is 13.3 Å². The molecule has 1 N–H and O–H groups in total. The highest BCUT2D eigenvalue weighted by atomic mass is 16.1. The minimum atomic E-state index is 0.171. The van der Waals surface area contributed by atoms with Gasteiger partial charge in [0.2, 0.25) is 5.91 Å². The van der Waals surface area contributed by atoms with Gasteiger partial charge in [0, 0.05) is 13.0 Å². The van der Waals surface area contributed by atoms with Crippen molar-refractivity contribution in [1.29, 1.82) is 0 Å². The van der Waals surface area contributed by atoms with E-state index < -0.39 is 0 Å². The first-order valence-electron chi connectivity index (χ1n) is 7.88. The summed E-state index contributed by atoms with van der Waals surface area (Å²) in [5.74, 6) is 3.10. The summed E-state index contributed by atoms with van der Waals surface area (Å²) in [6.07, 6.45) is 11.0. The Morgan fingerprint density at radius 2 is 1.67 bits per heavy atom. The molecule has 4 aliphatic rings. The predicted molar refractivity (Wildman–Crippen MR) is 73.1 cm³/mol. The van der Waals surface area contributed by atoms with Gasteiger partial charge in [0.05, 0.1) is 0 Å². The normalized spacial score (nSPS) is 42.9. The highest BCUT2D eigenvalue weighted by molar-refractivity contribution is 5.73. The molecule has 0 aromatic rings. The Morgan fingerprint density at radius 1 is 1.17 bits per heavy atom. The van der Waals surface area contributed by atoms with Gasteiger partial charge < -0.3 is 5.32 Å². The van der Waals surface area contributed by atoms with Gasteiger partial charge in [-0.05, 0) is 68.1 Å². The Hall–Kier alpha value is -0.530. The summed E-state index contributed by atoms with van der Waals surface area (Å²) in [6, 6.07) is 0.452. The van der Waals surface area contributed by atoms with Gasteiger partial charge in [0.15, 0.2) is 0 Å². The van der Waals surface area contributed by atoms with E-state index in [1.165, 1.54) is 51.4 Å². The number of carbonyl (C=O) groups excluding carboxylic acids is 1. The van der Waals surface area contributed by atoms with Gasteiger partial charge in [0.25, 0.3) is 0 Å². The van der Waals surface area contributed by atoms with E-state index >= 15 is 0 Å². The highest BCUT2D eigenvalue weighted by Crippen LogP contribution is 2.61. The monoisotopic (exact) mass is 249 g/mol. The average Bonchev–Trinajstić information content (AvgIpc) is 2.26. The number of carbonyl (C=O) groups is 1. The molecule has 0 radical (unpaired) electrons. The summed E-state index contributed by atoms with van der Waals surface area (Å²) < 4.78 is 0. The number of hydrogen-bond donors (Lipinski definition) is 1. The highest BCUT2D eigenvalue weighted by Gasteiger charge is 2.53. The maximum atomic E-state index is 11.5. The van der Waals surface area contributed by atoms with E-state index in [2.05, 4.69) is 12.2 Å². The van der Waals surface area contributed by atoms with Crippen molar-refractivity contribution in [3.63, 3.8) is 0 Å². The van der Waals surface area contributed by atoms with Gasteiger partial charge >= 0.3 is 0 Å². The average molecular weight is 249 g/mol. The van der Waals surface area contributed by atoms with Crippen LogP contribution >= 0.6 is 0 Å². The fourth-order valence-electron chi connectivity index (χ4n) is 5.67. The van der Waals surface area contributed by atoms with Crippen molar-refractivity contribution in [3.05, 3.63) is 0 Å². The SMILES string of the molecule is CCC[C@@H](NC(C)=O)C12CC3CC(CC(C3)C1)C2. The number of hydrogen-bond acceptors (Lipinski definition) is 1. The van der Waals surface area contributed by atoms with Gasteiger partial charge in [-0.25, -0.2) is 0 Å². The van der Waals surface area contributed by atoms with Gasteiger partial charge in [0.1, 0.15) is 0 Å². The second kappa shape index (κ2) is 4.54. The van der Waals surface area contributed by atoms with Crippen LogP contribution in [0.3, 0.4) is 0 Å². The Morgan fingerprint density at radius 3 is 2.06 bits per heavy atom. The molecule has 18 heavy (non-hydrogen) atoms. The molecule has 4 bridgehead atoms. The molecule has 0 aliphatic heterocycles.